The lowest BCUT2D eigenvalue weighted by molar-refractivity contribution is 0.181. The Balaban J connectivity index is 1.61. The molecule has 1 aliphatic heterocycles. The van der Waals surface area contributed by atoms with Crippen molar-refractivity contribution in [2.24, 2.45) is 7.05 Å². The standard InChI is InChI=1S/C21H32N4O2S/c1-5-6-7-19-8-10-20(11-9-19)28(26,27)25-14-12-24(13-15-25)16-21-17(2)22-23(4)18(21)3/h8-11H,5-7,12-16H2,1-4H3. The molecular formula is C21H32N4O2S. The van der Waals surface area contributed by atoms with Gasteiger partial charge >= 0.3 is 0 Å². The first-order valence-corrected chi connectivity index (χ1v) is 11.6. The number of benzene rings is 1. The second-order valence-corrected chi connectivity index (χ2v) is 9.64. The molecule has 0 saturated carbocycles. The Bertz CT molecular complexity index is 895. The zero-order chi connectivity index (χ0) is 20.3. The number of hydrogen-bond acceptors (Lipinski definition) is 4. The SMILES string of the molecule is CCCCc1ccc(S(=O)(=O)N2CCN(Cc3c(C)nn(C)c3C)CC2)cc1. The van der Waals surface area contributed by atoms with Crippen molar-refractivity contribution in [3.63, 3.8) is 0 Å². The average Bonchev–Trinajstić information content (AvgIpc) is 2.93. The van der Waals surface area contributed by atoms with Crippen LogP contribution in [0.3, 0.4) is 0 Å². The second kappa shape index (κ2) is 8.76. The fraction of sp³-hybridized carbons (Fsp3) is 0.571. The minimum atomic E-state index is -3.42. The van der Waals surface area contributed by atoms with Crippen molar-refractivity contribution in [3.8, 4) is 0 Å². The third kappa shape index (κ3) is 4.47. The summed E-state index contributed by atoms with van der Waals surface area (Å²) in [6.45, 7) is 9.63. The van der Waals surface area contributed by atoms with Crippen LogP contribution < -0.4 is 0 Å². The van der Waals surface area contributed by atoms with Crippen LogP contribution >= 0.6 is 0 Å². The molecule has 3 rings (SSSR count). The molecular weight excluding hydrogens is 372 g/mol. The van der Waals surface area contributed by atoms with Crippen molar-refractivity contribution in [3.05, 3.63) is 46.8 Å². The van der Waals surface area contributed by atoms with Gasteiger partial charge < -0.3 is 0 Å². The molecule has 154 valence electrons. The van der Waals surface area contributed by atoms with E-state index in [9.17, 15) is 8.42 Å². The van der Waals surface area contributed by atoms with Crippen LogP contribution in [0.25, 0.3) is 0 Å². The van der Waals surface area contributed by atoms with Gasteiger partial charge in [-0.1, -0.05) is 25.5 Å². The molecule has 0 amide bonds. The summed E-state index contributed by atoms with van der Waals surface area (Å²) in [7, 11) is -1.46. The number of hydrogen-bond donors (Lipinski definition) is 0. The van der Waals surface area contributed by atoms with Crippen LogP contribution in [0.2, 0.25) is 0 Å². The number of unbranched alkanes of at least 4 members (excludes halogenated alkanes) is 1. The number of rotatable bonds is 7. The Labute approximate surface area is 169 Å². The predicted molar refractivity (Wildman–Crippen MR) is 112 cm³/mol. The molecule has 0 unspecified atom stereocenters. The van der Waals surface area contributed by atoms with E-state index < -0.39 is 10.0 Å². The molecule has 28 heavy (non-hydrogen) atoms. The first kappa shape index (κ1) is 21.0. The molecule has 0 spiro atoms. The molecule has 6 nitrogen and oxygen atoms in total. The third-order valence-electron chi connectivity index (χ3n) is 5.75. The van der Waals surface area contributed by atoms with Gasteiger partial charge in [-0.3, -0.25) is 9.58 Å². The molecule has 0 radical (unpaired) electrons. The number of aryl methyl sites for hydroxylation is 3. The van der Waals surface area contributed by atoms with Gasteiger partial charge in [0, 0.05) is 51.0 Å². The molecule has 2 aromatic rings. The highest BCUT2D eigenvalue weighted by atomic mass is 32.2. The zero-order valence-corrected chi connectivity index (χ0v) is 18.3. The summed E-state index contributed by atoms with van der Waals surface area (Å²) in [5.74, 6) is 0. The van der Waals surface area contributed by atoms with Crippen molar-refractivity contribution >= 4 is 10.0 Å². The summed E-state index contributed by atoms with van der Waals surface area (Å²) in [6, 6.07) is 7.42. The Kier molecular flexibility index (Phi) is 6.58. The van der Waals surface area contributed by atoms with Gasteiger partial charge in [0.05, 0.1) is 10.6 Å². The Morgan fingerprint density at radius 2 is 1.68 bits per heavy atom. The average molecular weight is 405 g/mol. The third-order valence-corrected chi connectivity index (χ3v) is 7.66. The summed E-state index contributed by atoms with van der Waals surface area (Å²) in [4.78, 5) is 2.72. The van der Waals surface area contributed by atoms with Gasteiger partial charge in [0.1, 0.15) is 0 Å². The van der Waals surface area contributed by atoms with E-state index in [1.165, 1.54) is 16.8 Å². The van der Waals surface area contributed by atoms with Gasteiger partial charge in [0.25, 0.3) is 0 Å². The summed E-state index contributed by atoms with van der Waals surface area (Å²) in [6.07, 6.45) is 3.27. The predicted octanol–water partition coefficient (Wildman–Crippen LogP) is 2.89. The first-order chi connectivity index (χ1) is 13.3. The quantitative estimate of drug-likeness (QED) is 0.712. The summed E-state index contributed by atoms with van der Waals surface area (Å²) < 4.78 is 29.5. The van der Waals surface area contributed by atoms with E-state index in [0.717, 1.165) is 44.6 Å². The monoisotopic (exact) mass is 404 g/mol. The Morgan fingerprint density at radius 3 is 2.21 bits per heavy atom. The maximum absolute atomic E-state index is 13.0. The largest absolute Gasteiger partial charge is 0.296 e. The molecule has 0 aliphatic carbocycles. The van der Waals surface area contributed by atoms with Crippen LogP contribution in [0, 0.1) is 13.8 Å². The van der Waals surface area contributed by atoms with Crippen LogP contribution in [0.1, 0.15) is 42.3 Å². The normalized spacial score (nSPS) is 16.6. The highest BCUT2D eigenvalue weighted by molar-refractivity contribution is 7.89. The lowest BCUT2D eigenvalue weighted by atomic mass is 10.1. The van der Waals surface area contributed by atoms with Crippen molar-refractivity contribution in [2.45, 2.75) is 51.5 Å². The maximum Gasteiger partial charge on any atom is 0.243 e. The minimum Gasteiger partial charge on any atom is -0.296 e. The van der Waals surface area contributed by atoms with E-state index in [1.54, 1.807) is 16.4 Å². The molecule has 0 bridgehead atoms. The van der Waals surface area contributed by atoms with Crippen molar-refractivity contribution in [1.82, 2.24) is 19.0 Å². The van der Waals surface area contributed by atoms with Crippen LogP contribution in [-0.4, -0.2) is 53.6 Å². The van der Waals surface area contributed by atoms with Gasteiger partial charge in [-0.15, -0.1) is 0 Å². The van der Waals surface area contributed by atoms with Gasteiger partial charge in [-0.2, -0.15) is 9.40 Å². The van der Waals surface area contributed by atoms with Gasteiger partial charge in [-0.05, 0) is 44.4 Å². The van der Waals surface area contributed by atoms with Crippen LogP contribution in [0.15, 0.2) is 29.2 Å². The van der Waals surface area contributed by atoms with Gasteiger partial charge in [0.15, 0.2) is 0 Å². The van der Waals surface area contributed by atoms with Gasteiger partial charge in [0.2, 0.25) is 10.0 Å². The van der Waals surface area contributed by atoms with Crippen LogP contribution in [0.5, 0.6) is 0 Å². The fourth-order valence-electron chi connectivity index (χ4n) is 3.76. The van der Waals surface area contributed by atoms with E-state index in [0.29, 0.717) is 18.0 Å². The van der Waals surface area contributed by atoms with E-state index >= 15 is 0 Å². The molecule has 1 saturated heterocycles. The molecule has 1 fully saturated rings. The Morgan fingerprint density at radius 1 is 1.04 bits per heavy atom. The van der Waals surface area contributed by atoms with Crippen LogP contribution in [-0.2, 0) is 30.0 Å². The van der Waals surface area contributed by atoms with Crippen molar-refractivity contribution in [1.29, 1.82) is 0 Å². The molecule has 7 heteroatoms. The Hall–Kier alpha value is -1.70. The maximum atomic E-state index is 13.0. The van der Waals surface area contributed by atoms with E-state index in [-0.39, 0.29) is 0 Å². The topological polar surface area (TPSA) is 58.4 Å². The highest BCUT2D eigenvalue weighted by Gasteiger charge is 2.29. The smallest absolute Gasteiger partial charge is 0.243 e. The number of piperazine rings is 1. The van der Waals surface area contributed by atoms with Crippen molar-refractivity contribution < 1.29 is 8.42 Å². The summed E-state index contributed by atoms with van der Waals surface area (Å²) in [5.41, 5.74) is 4.68. The number of aromatic nitrogens is 2. The van der Waals surface area contributed by atoms with E-state index in [1.807, 2.05) is 30.8 Å². The van der Waals surface area contributed by atoms with E-state index in [2.05, 4.69) is 23.8 Å². The van der Waals surface area contributed by atoms with Gasteiger partial charge in [-0.25, -0.2) is 8.42 Å². The molecule has 2 heterocycles. The number of sulfonamides is 1. The molecule has 0 N–H and O–H groups in total. The first-order valence-electron chi connectivity index (χ1n) is 10.1. The summed E-state index contributed by atoms with van der Waals surface area (Å²) in [5, 5.41) is 4.48. The minimum absolute atomic E-state index is 0.403. The van der Waals surface area contributed by atoms with Crippen molar-refractivity contribution in [2.75, 3.05) is 26.2 Å². The van der Waals surface area contributed by atoms with E-state index in [4.69, 9.17) is 0 Å². The molecule has 0 atom stereocenters. The second-order valence-electron chi connectivity index (χ2n) is 7.70. The summed E-state index contributed by atoms with van der Waals surface area (Å²) >= 11 is 0. The molecule has 1 aromatic carbocycles. The number of nitrogens with zero attached hydrogens (tertiary/aromatic N) is 4. The lowest BCUT2D eigenvalue weighted by Crippen LogP contribution is -2.48. The molecule has 1 aromatic heterocycles. The lowest BCUT2D eigenvalue weighted by Gasteiger charge is -2.34. The molecule has 1 aliphatic rings. The fourth-order valence-corrected chi connectivity index (χ4v) is 5.18. The zero-order valence-electron chi connectivity index (χ0n) is 17.5. The highest BCUT2D eigenvalue weighted by Crippen LogP contribution is 2.21. The van der Waals surface area contributed by atoms with Crippen LogP contribution in [0.4, 0.5) is 0 Å².